The average molecular weight is 268 g/mol. The zero-order valence-corrected chi connectivity index (χ0v) is 10.9. The van der Waals surface area contributed by atoms with E-state index in [2.05, 4.69) is 10.1 Å². The Hall–Kier alpha value is -2.69. The summed E-state index contributed by atoms with van der Waals surface area (Å²) in [5, 5.41) is 3.89. The summed E-state index contributed by atoms with van der Waals surface area (Å²) in [6.07, 6.45) is 1.38. The third kappa shape index (κ3) is 2.14. The highest BCUT2D eigenvalue weighted by atomic mass is 16.5. The quantitative estimate of drug-likeness (QED) is 0.678. The van der Waals surface area contributed by atoms with Gasteiger partial charge in [0, 0.05) is 12.0 Å². The molecule has 0 spiro atoms. The molecule has 0 amide bonds. The summed E-state index contributed by atoms with van der Waals surface area (Å²) in [6, 6.07) is 10.9. The Morgan fingerprint density at radius 2 is 1.95 bits per heavy atom. The standard InChI is InChI=1S/C15H12N2O3/c1-2-14-16-15(20-17-14)12-6-4-3-5-11(12)13-8-7-10(9-18)19-13/h3-9H,2H2,1H3. The Labute approximate surface area is 115 Å². The Morgan fingerprint density at radius 3 is 2.60 bits per heavy atom. The molecule has 100 valence electrons. The second-order valence-electron chi connectivity index (χ2n) is 4.23. The fourth-order valence-electron chi connectivity index (χ4n) is 1.95. The van der Waals surface area contributed by atoms with Crippen molar-refractivity contribution in [3.63, 3.8) is 0 Å². The van der Waals surface area contributed by atoms with Crippen LogP contribution in [0.5, 0.6) is 0 Å². The maximum absolute atomic E-state index is 10.7. The number of aryl methyl sites for hydroxylation is 1. The smallest absolute Gasteiger partial charge is 0.258 e. The van der Waals surface area contributed by atoms with Gasteiger partial charge in [0.1, 0.15) is 5.76 Å². The van der Waals surface area contributed by atoms with Gasteiger partial charge < -0.3 is 8.94 Å². The van der Waals surface area contributed by atoms with Crippen LogP contribution >= 0.6 is 0 Å². The lowest BCUT2D eigenvalue weighted by molar-refractivity contribution is 0.110. The molecule has 3 aromatic rings. The van der Waals surface area contributed by atoms with Crippen molar-refractivity contribution in [2.24, 2.45) is 0 Å². The number of rotatable bonds is 4. The summed E-state index contributed by atoms with van der Waals surface area (Å²) in [5.41, 5.74) is 1.60. The molecule has 0 radical (unpaired) electrons. The predicted octanol–water partition coefficient (Wildman–Crippen LogP) is 3.37. The van der Waals surface area contributed by atoms with Gasteiger partial charge in [-0.15, -0.1) is 0 Å². The first kappa shape index (κ1) is 12.3. The Morgan fingerprint density at radius 1 is 1.15 bits per heavy atom. The average Bonchev–Trinajstić information content (AvgIpc) is 3.16. The van der Waals surface area contributed by atoms with E-state index in [0.29, 0.717) is 30.2 Å². The zero-order chi connectivity index (χ0) is 13.9. The minimum absolute atomic E-state index is 0.287. The number of furan rings is 1. The Balaban J connectivity index is 2.10. The number of nitrogens with zero attached hydrogens (tertiary/aromatic N) is 2. The van der Waals surface area contributed by atoms with Crippen molar-refractivity contribution in [2.45, 2.75) is 13.3 Å². The summed E-state index contributed by atoms with van der Waals surface area (Å²) >= 11 is 0. The molecule has 0 saturated carbocycles. The molecule has 0 bridgehead atoms. The molecular formula is C15H12N2O3. The first-order chi connectivity index (χ1) is 9.81. The summed E-state index contributed by atoms with van der Waals surface area (Å²) in [7, 11) is 0. The first-order valence-corrected chi connectivity index (χ1v) is 6.29. The lowest BCUT2D eigenvalue weighted by Gasteiger charge is -2.02. The van der Waals surface area contributed by atoms with Crippen LogP contribution in [-0.4, -0.2) is 16.4 Å². The number of aldehydes is 1. The largest absolute Gasteiger partial charge is 0.453 e. The molecule has 0 aliphatic heterocycles. The SMILES string of the molecule is CCc1noc(-c2ccccc2-c2ccc(C=O)o2)n1. The summed E-state index contributed by atoms with van der Waals surface area (Å²) in [6.45, 7) is 1.96. The summed E-state index contributed by atoms with van der Waals surface area (Å²) < 4.78 is 10.7. The summed E-state index contributed by atoms with van der Waals surface area (Å²) in [4.78, 5) is 15.0. The van der Waals surface area contributed by atoms with Crippen molar-refractivity contribution in [2.75, 3.05) is 0 Å². The molecular weight excluding hydrogens is 256 g/mol. The third-order valence-electron chi connectivity index (χ3n) is 2.95. The second kappa shape index (κ2) is 5.13. The van der Waals surface area contributed by atoms with Crippen LogP contribution < -0.4 is 0 Å². The van der Waals surface area contributed by atoms with E-state index < -0.39 is 0 Å². The van der Waals surface area contributed by atoms with Crippen LogP contribution in [-0.2, 0) is 6.42 Å². The number of carbonyl (C=O) groups excluding carboxylic acids is 1. The van der Waals surface area contributed by atoms with Crippen LogP contribution in [0.2, 0.25) is 0 Å². The molecule has 1 aromatic carbocycles. The van der Waals surface area contributed by atoms with Crippen LogP contribution in [0.4, 0.5) is 0 Å². The highest BCUT2D eigenvalue weighted by Crippen LogP contribution is 2.31. The molecule has 0 N–H and O–H groups in total. The predicted molar refractivity (Wildman–Crippen MR) is 72.2 cm³/mol. The minimum Gasteiger partial charge on any atom is -0.453 e. The summed E-state index contributed by atoms with van der Waals surface area (Å²) in [5.74, 6) is 1.98. The van der Waals surface area contributed by atoms with Crippen LogP contribution in [0.1, 0.15) is 23.3 Å². The van der Waals surface area contributed by atoms with Crippen molar-refractivity contribution in [3.8, 4) is 22.8 Å². The van der Waals surface area contributed by atoms with Gasteiger partial charge in [0.05, 0.1) is 5.56 Å². The molecule has 2 heterocycles. The number of carbonyl (C=O) groups is 1. The van der Waals surface area contributed by atoms with E-state index in [1.807, 2.05) is 31.2 Å². The highest BCUT2D eigenvalue weighted by Gasteiger charge is 2.15. The van der Waals surface area contributed by atoms with Crippen molar-refractivity contribution in [1.29, 1.82) is 0 Å². The van der Waals surface area contributed by atoms with Crippen LogP contribution in [0.25, 0.3) is 22.8 Å². The van der Waals surface area contributed by atoms with Crippen molar-refractivity contribution in [1.82, 2.24) is 10.1 Å². The molecule has 0 aliphatic rings. The van der Waals surface area contributed by atoms with E-state index in [0.717, 1.165) is 11.1 Å². The molecule has 0 fully saturated rings. The lowest BCUT2D eigenvalue weighted by Crippen LogP contribution is -1.85. The zero-order valence-electron chi connectivity index (χ0n) is 10.9. The van der Waals surface area contributed by atoms with Gasteiger partial charge in [0.15, 0.2) is 17.9 Å². The van der Waals surface area contributed by atoms with Crippen molar-refractivity contribution < 1.29 is 13.7 Å². The van der Waals surface area contributed by atoms with E-state index in [9.17, 15) is 4.79 Å². The van der Waals surface area contributed by atoms with E-state index in [-0.39, 0.29) is 5.76 Å². The molecule has 20 heavy (non-hydrogen) atoms. The van der Waals surface area contributed by atoms with Gasteiger partial charge in [-0.25, -0.2) is 0 Å². The van der Waals surface area contributed by atoms with Gasteiger partial charge in [-0.2, -0.15) is 4.98 Å². The van der Waals surface area contributed by atoms with Gasteiger partial charge in [-0.3, -0.25) is 4.79 Å². The Kier molecular flexibility index (Phi) is 3.16. The molecule has 0 unspecified atom stereocenters. The van der Waals surface area contributed by atoms with Crippen LogP contribution in [0.3, 0.4) is 0 Å². The number of aromatic nitrogens is 2. The fourth-order valence-corrected chi connectivity index (χ4v) is 1.95. The maximum atomic E-state index is 10.7. The van der Waals surface area contributed by atoms with Gasteiger partial charge in [-0.1, -0.05) is 30.3 Å². The molecule has 0 aliphatic carbocycles. The molecule has 5 nitrogen and oxygen atoms in total. The minimum atomic E-state index is 0.287. The van der Waals surface area contributed by atoms with E-state index in [1.165, 1.54) is 0 Å². The maximum Gasteiger partial charge on any atom is 0.258 e. The number of benzene rings is 1. The molecule has 0 atom stereocenters. The van der Waals surface area contributed by atoms with E-state index in [4.69, 9.17) is 8.94 Å². The second-order valence-corrected chi connectivity index (χ2v) is 4.23. The van der Waals surface area contributed by atoms with E-state index in [1.54, 1.807) is 12.1 Å². The topological polar surface area (TPSA) is 69.1 Å². The molecule has 0 saturated heterocycles. The molecule has 3 rings (SSSR count). The highest BCUT2D eigenvalue weighted by molar-refractivity contribution is 5.79. The van der Waals surface area contributed by atoms with Crippen molar-refractivity contribution in [3.05, 3.63) is 48.0 Å². The van der Waals surface area contributed by atoms with Crippen LogP contribution in [0, 0.1) is 0 Å². The van der Waals surface area contributed by atoms with Crippen molar-refractivity contribution >= 4 is 6.29 Å². The third-order valence-corrected chi connectivity index (χ3v) is 2.95. The monoisotopic (exact) mass is 268 g/mol. The van der Waals surface area contributed by atoms with Gasteiger partial charge in [0.25, 0.3) is 5.89 Å². The Bertz CT molecular complexity index is 743. The lowest BCUT2D eigenvalue weighted by atomic mass is 10.1. The molecule has 2 aromatic heterocycles. The van der Waals surface area contributed by atoms with E-state index >= 15 is 0 Å². The van der Waals surface area contributed by atoms with Gasteiger partial charge in [0.2, 0.25) is 0 Å². The normalized spacial score (nSPS) is 10.7. The number of hydrogen-bond acceptors (Lipinski definition) is 5. The number of hydrogen-bond donors (Lipinski definition) is 0. The van der Waals surface area contributed by atoms with Gasteiger partial charge >= 0.3 is 0 Å². The van der Waals surface area contributed by atoms with Crippen LogP contribution in [0.15, 0.2) is 45.3 Å². The van der Waals surface area contributed by atoms with Gasteiger partial charge in [-0.05, 0) is 18.2 Å². The molecule has 5 heteroatoms. The fraction of sp³-hybridized carbons (Fsp3) is 0.133. The first-order valence-electron chi connectivity index (χ1n) is 6.29.